The first-order chi connectivity index (χ1) is 6.68. The van der Waals surface area contributed by atoms with Crippen LogP contribution in [0, 0.1) is 5.92 Å². The number of halogens is 1. The van der Waals surface area contributed by atoms with Gasteiger partial charge in [0.1, 0.15) is 0 Å². The monoisotopic (exact) mass is 217 g/mol. The number of nitrogens with one attached hydrogen (secondary N) is 2. The summed E-state index contributed by atoms with van der Waals surface area (Å²) in [6.45, 7) is 0.766. The van der Waals surface area contributed by atoms with Gasteiger partial charge in [-0.2, -0.15) is 0 Å². The molecule has 0 amide bonds. The zero-order valence-corrected chi connectivity index (χ0v) is 8.34. The van der Waals surface area contributed by atoms with Gasteiger partial charge in [-0.15, -0.1) is 5.53 Å². The Bertz CT molecular complexity index is 288. The molecule has 0 atom stereocenters. The molecule has 1 saturated carbocycles. The van der Waals surface area contributed by atoms with Crippen molar-refractivity contribution in [2.24, 2.45) is 5.92 Å². The number of hydrogen-bond acceptors (Lipinski definition) is 4. The lowest BCUT2D eigenvalue weighted by Gasteiger charge is -2.30. The van der Waals surface area contributed by atoms with Gasteiger partial charge in [0.15, 0.2) is 10.9 Å². The fourth-order valence-corrected chi connectivity index (χ4v) is 1.80. The first kappa shape index (κ1) is 9.61. The Morgan fingerprint density at radius 2 is 2.36 bits per heavy atom. The fraction of sp³-hybridized carbons (Fsp3) is 0.625. The predicted octanol–water partition coefficient (Wildman–Crippen LogP) is 0.604. The Labute approximate surface area is 86.7 Å². The summed E-state index contributed by atoms with van der Waals surface area (Å²) in [4.78, 5) is 10.7. The van der Waals surface area contributed by atoms with Crippen molar-refractivity contribution in [2.75, 3.05) is 6.54 Å². The van der Waals surface area contributed by atoms with E-state index < -0.39 is 5.97 Å². The molecule has 0 bridgehead atoms. The van der Waals surface area contributed by atoms with E-state index in [4.69, 9.17) is 16.7 Å². The highest BCUT2D eigenvalue weighted by molar-refractivity contribution is 6.31. The normalized spacial score (nSPS) is 22.2. The second-order valence-corrected chi connectivity index (χ2v) is 3.97. The number of carboxylic acid groups (broad SMARTS) is 1. The van der Waals surface area contributed by atoms with E-state index in [1.54, 1.807) is 5.01 Å². The lowest BCUT2D eigenvalue weighted by Crippen LogP contribution is -2.41. The van der Waals surface area contributed by atoms with Crippen LogP contribution in [0.15, 0.2) is 10.9 Å². The molecular weight excluding hydrogens is 206 g/mol. The molecule has 2 aliphatic rings. The van der Waals surface area contributed by atoms with Crippen LogP contribution >= 0.6 is 11.6 Å². The molecule has 5 nitrogen and oxygen atoms in total. The van der Waals surface area contributed by atoms with E-state index in [9.17, 15) is 4.79 Å². The van der Waals surface area contributed by atoms with E-state index in [2.05, 4.69) is 11.0 Å². The van der Waals surface area contributed by atoms with Gasteiger partial charge in [0.2, 0.25) is 0 Å². The van der Waals surface area contributed by atoms with Crippen LogP contribution in [0.4, 0.5) is 0 Å². The number of hydrogen-bond donors (Lipinski definition) is 3. The van der Waals surface area contributed by atoms with Crippen molar-refractivity contribution in [3.63, 3.8) is 0 Å². The van der Waals surface area contributed by atoms with Crippen LogP contribution in [0.1, 0.15) is 19.3 Å². The molecule has 1 fully saturated rings. The molecule has 0 radical (unpaired) electrons. The lowest BCUT2D eigenvalue weighted by atomic mass is 9.85. The number of carboxylic acids is 1. The van der Waals surface area contributed by atoms with Gasteiger partial charge in [-0.1, -0.05) is 18.0 Å². The average molecular weight is 218 g/mol. The van der Waals surface area contributed by atoms with Gasteiger partial charge >= 0.3 is 5.97 Å². The van der Waals surface area contributed by atoms with Crippen LogP contribution < -0.4 is 11.0 Å². The van der Waals surface area contributed by atoms with Crippen LogP contribution in [-0.4, -0.2) is 22.6 Å². The second kappa shape index (κ2) is 3.67. The number of hydrazine groups is 2. The molecule has 78 valence electrons. The molecule has 1 aliphatic carbocycles. The molecule has 0 aromatic carbocycles. The van der Waals surface area contributed by atoms with Gasteiger partial charge in [-0.3, -0.25) is 10.4 Å². The minimum absolute atomic E-state index is 0.0194. The van der Waals surface area contributed by atoms with Crippen LogP contribution in [0.2, 0.25) is 0 Å². The van der Waals surface area contributed by atoms with Crippen LogP contribution in [-0.2, 0) is 4.79 Å². The quantitative estimate of drug-likeness (QED) is 0.605. The van der Waals surface area contributed by atoms with Gasteiger partial charge in [0, 0.05) is 6.54 Å². The molecule has 0 saturated heterocycles. The Morgan fingerprint density at radius 1 is 1.64 bits per heavy atom. The third-order valence-electron chi connectivity index (χ3n) is 2.64. The summed E-state index contributed by atoms with van der Waals surface area (Å²) in [5.74, 6) is -0.412. The van der Waals surface area contributed by atoms with E-state index in [1.807, 2.05) is 0 Å². The third-order valence-corrected chi connectivity index (χ3v) is 3.03. The molecule has 0 aromatic rings. The van der Waals surface area contributed by atoms with Gasteiger partial charge in [-0.05, 0) is 18.8 Å². The first-order valence-electron chi connectivity index (χ1n) is 4.60. The maximum Gasteiger partial charge on any atom is 0.356 e. The van der Waals surface area contributed by atoms with Crippen molar-refractivity contribution in [3.8, 4) is 0 Å². The predicted molar refractivity (Wildman–Crippen MR) is 50.8 cm³/mol. The molecule has 3 N–H and O–H groups in total. The van der Waals surface area contributed by atoms with E-state index in [0.29, 0.717) is 5.92 Å². The standard InChI is InChI=1S/C8H12ClN3O2/c9-7-6(8(13)14)10-11-12(7)4-5-2-1-3-5/h5,10-11H,1-4H2,(H,13,14). The van der Waals surface area contributed by atoms with Crippen LogP contribution in [0.5, 0.6) is 0 Å². The van der Waals surface area contributed by atoms with Crippen molar-refractivity contribution in [2.45, 2.75) is 19.3 Å². The highest BCUT2D eigenvalue weighted by atomic mass is 35.5. The number of rotatable bonds is 3. The Balaban J connectivity index is 1.97. The van der Waals surface area contributed by atoms with Crippen LogP contribution in [0.3, 0.4) is 0 Å². The lowest BCUT2D eigenvalue weighted by molar-refractivity contribution is -0.133. The van der Waals surface area contributed by atoms with Crippen molar-refractivity contribution in [1.29, 1.82) is 0 Å². The summed E-state index contributed by atoms with van der Waals surface area (Å²) >= 11 is 5.86. The van der Waals surface area contributed by atoms with E-state index in [-0.39, 0.29) is 10.9 Å². The SMILES string of the molecule is O=C(O)C1=C(Cl)N(CC2CCC2)NN1. The largest absolute Gasteiger partial charge is 0.476 e. The molecule has 6 heteroatoms. The Morgan fingerprint density at radius 3 is 2.79 bits per heavy atom. The summed E-state index contributed by atoms with van der Waals surface area (Å²) in [7, 11) is 0. The summed E-state index contributed by atoms with van der Waals surface area (Å²) in [6.07, 6.45) is 3.66. The van der Waals surface area contributed by atoms with Gasteiger partial charge in [0.05, 0.1) is 0 Å². The average Bonchev–Trinajstić information content (AvgIpc) is 2.40. The molecule has 1 heterocycles. The van der Waals surface area contributed by atoms with Crippen molar-refractivity contribution in [3.05, 3.63) is 10.9 Å². The van der Waals surface area contributed by atoms with Gasteiger partial charge < -0.3 is 5.11 Å². The molecule has 0 spiro atoms. The van der Waals surface area contributed by atoms with E-state index in [0.717, 1.165) is 6.54 Å². The molecular formula is C8H12ClN3O2. The van der Waals surface area contributed by atoms with Crippen LogP contribution in [0.25, 0.3) is 0 Å². The Kier molecular flexibility index (Phi) is 2.52. The minimum Gasteiger partial charge on any atom is -0.476 e. The Hall–Kier alpha value is -0.940. The first-order valence-corrected chi connectivity index (χ1v) is 4.98. The maximum atomic E-state index is 10.7. The molecule has 0 aromatic heterocycles. The smallest absolute Gasteiger partial charge is 0.356 e. The molecule has 0 unspecified atom stereocenters. The van der Waals surface area contributed by atoms with E-state index >= 15 is 0 Å². The summed E-state index contributed by atoms with van der Waals surface area (Å²) in [6, 6.07) is 0. The zero-order chi connectivity index (χ0) is 10.1. The topological polar surface area (TPSA) is 64.6 Å². The minimum atomic E-state index is -1.04. The highest BCUT2D eigenvalue weighted by Gasteiger charge is 2.28. The molecule has 1 aliphatic heterocycles. The third kappa shape index (κ3) is 1.65. The zero-order valence-electron chi connectivity index (χ0n) is 7.59. The second-order valence-electron chi connectivity index (χ2n) is 3.62. The van der Waals surface area contributed by atoms with Crippen molar-refractivity contribution < 1.29 is 9.90 Å². The van der Waals surface area contributed by atoms with E-state index in [1.165, 1.54) is 19.3 Å². The summed E-state index contributed by atoms with van der Waals surface area (Å²) in [5.41, 5.74) is 5.29. The fourth-order valence-electron chi connectivity index (χ4n) is 1.56. The highest BCUT2D eigenvalue weighted by Crippen LogP contribution is 2.29. The van der Waals surface area contributed by atoms with Gasteiger partial charge in [0.25, 0.3) is 0 Å². The molecule has 14 heavy (non-hydrogen) atoms. The summed E-state index contributed by atoms with van der Waals surface area (Å²) < 4.78 is 0. The van der Waals surface area contributed by atoms with Crippen molar-refractivity contribution >= 4 is 17.6 Å². The number of nitrogens with zero attached hydrogens (tertiary/aromatic N) is 1. The summed E-state index contributed by atoms with van der Waals surface area (Å²) in [5, 5.41) is 10.6. The molecule has 2 rings (SSSR count). The number of aliphatic carboxylic acids is 1. The number of carbonyl (C=O) groups is 1. The van der Waals surface area contributed by atoms with Gasteiger partial charge in [-0.25, -0.2) is 4.79 Å². The maximum absolute atomic E-state index is 10.7. The van der Waals surface area contributed by atoms with Crippen molar-refractivity contribution in [1.82, 2.24) is 16.0 Å².